The number of carbonyl (C=O) groups is 1. The SMILES string of the molecule is COc1cccc2cc(C(=O)Nc3ccccn3)c(=Nc3ccc4c(c3)OCO4)oc12. The summed E-state index contributed by atoms with van der Waals surface area (Å²) in [5.41, 5.74) is 1.42. The minimum absolute atomic E-state index is 0.129. The number of hydrogen-bond donors (Lipinski definition) is 1. The van der Waals surface area contributed by atoms with Gasteiger partial charge in [-0.3, -0.25) is 4.79 Å². The van der Waals surface area contributed by atoms with Gasteiger partial charge in [0, 0.05) is 17.6 Å². The third kappa shape index (κ3) is 3.66. The number of nitrogens with zero attached hydrogens (tertiary/aromatic N) is 2. The topological polar surface area (TPSA) is 95.2 Å². The third-order valence-corrected chi connectivity index (χ3v) is 4.70. The number of rotatable bonds is 4. The Bertz CT molecular complexity index is 1350. The van der Waals surface area contributed by atoms with E-state index in [9.17, 15) is 4.79 Å². The molecule has 0 spiro atoms. The summed E-state index contributed by atoms with van der Waals surface area (Å²) in [5, 5.41) is 3.48. The molecule has 1 N–H and O–H groups in total. The van der Waals surface area contributed by atoms with Gasteiger partial charge >= 0.3 is 0 Å². The highest BCUT2D eigenvalue weighted by molar-refractivity contribution is 6.05. The molecule has 1 aliphatic heterocycles. The first-order valence-corrected chi connectivity index (χ1v) is 9.49. The van der Waals surface area contributed by atoms with Gasteiger partial charge in [0.25, 0.3) is 5.91 Å². The molecule has 2 aromatic carbocycles. The second-order valence-electron chi connectivity index (χ2n) is 6.66. The smallest absolute Gasteiger partial charge is 0.262 e. The van der Waals surface area contributed by atoms with E-state index in [0.717, 1.165) is 0 Å². The zero-order chi connectivity index (χ0) is 21.2. The van der Waals surface area contributed by atoms with Gasteiger partial charge in [-0.05, 0) is 36.4 Å². The van der Waals surface area contributed by atoms with Crippen molar-refractivity contribution in [3.63, 3.8) is 0 Å². The molecule has 0 saturated heterocycles. The van der Waals surface area contributed by atoms with Crippen molar-refractivity contribution in [1.82, 2.24) is 4.98 Å². The van der Waals surface area contributed by atoms with E-state index < -0.39 is 5.91 Å². The number of carbonyl (C=O) groups excluding carboxylic acids is 1. The molecular weight excluding hydrogens is 398 g/mol. The highest BCUT2D eigenvalue weighted by atomic mass is 16.7. The molecule has 0 radical (unpaired) electrons. The van der Waals surface area contributed by atoms with Crippen molar-refractivity contribution in [2.75, 3.05) is 19.2 Å². The number of fused-ring (bicyclic) bond motifs is 2. The molecule has 0 aliphatic carbocycles. The van der Waals surface area contributed by atoms with Crippen LogP contribution in [0.5, 0.6) is 17.2 Å². The number of benzene rings is 2. The first kappa shape index (κ1) is 18.7. The molecule has 0 saturated carbocycles. The fourth-order valence-corrected chi connectivity index (χ4v) is 3.22. The number of para-hydroxylation sites is 1. The van der Waals surface area contributed by atoms with Gasteiger partial charge in [0.05, 0.1) is 12.8 Å². The van der Waals surface area contributed by atoms with Crippen LogP contribution in [0.25, 0.3) is 11.0 Å². The van der Waals surface area contributed by atoms with Gasteiger partial charge in [-0.15, -0.1) is 0 Å². The van der Waals surface area contributed by atoms with Gasteiger partial charge in [0.2, 0.25) is 12.3 Å². The molecule has 3 heterocycles. The van der Waals surface area contributed by atoms with Gasteiger partial charge in [0.1, 0.15) is 11.4 Å². The van der Waals surface area contributed by atoms with Crippen LogP contribution in [0.4, 0.5) is 11.5 Å². The van der Waals surface area contributed by atoms with Gasteiger partial charge in [-0.25, -0.2) is 9.98 Å². The molecule has 5 rings (SSSR count). The number of methoxy groups -OCH3 is 1. The lowest BCUT2D eigenvalue weighted by atomic mass is 10.1. The van der Waals surface area contributed by atoms with Crippen LogP contribution < -0.4 is 25.1 Å². The maximum atomic E-state index is 13.1. The lowest BCUT2D eigenvalue weighted by Crippen LogP contribution is -2.22. The second kappa shape index (κ2) is 7.83. The van der Waals surface area contributed by atoms with Crippen molar-refractivity contribution in [1.29, 1.82) is 0 Å². The minimum atomic E-state index is -0.397. The molecule has 31 heavy (non-hydrogen) atoms. The number of pyridine rings is 1. The largest absolute Gasteiger partial charge is 0.493 e. The Balaban J connectivity index is 1.66. The average Bonchev–Trinajstić information content (AvgIpc) is 3.27. The quantitative estimate of drug-likeness (QED) is 0.540. The van der Waals surface area contributed by atoms with E-state index in [1.54, 1.807) is 61.8 Å². The van der Waals surface area contributed by atoms with Crippen LogP contribution in [0.1, 0.15) is 10.4 Å². The standard InChI is InChI=1S/C23H17N3O5/c1-28-18-6-4-5-14-11-16(22(27)26-20-7-2-3-10-24-20)23(31-21(14)18)25-15-8-9-17-19(12-15)30-13-29-17/h2-12H,13H2,1H3,(H,24,26,27). The van der Waals surface area contributed by atoms with Crippen LogP contribution in [-0.2, 0) is 0 Å². The fraction of sp³-hybridized carbons (Fsp3) is 0.0870. The summed E-state index contributed by atoms with van der Waals surface area (Å²) in [6.07, 6.45) is 1.60. The molecule has 0 fully saturated rings. The lowest BCUT2D eigenvalue weighted by Gasteiger charge is -2.08. The second-order valence-corrected chi connectivity index (χ2v) is 6.66. The third-order valence-electron chi connectivity index (χ3n) is 4.70. The van der Waals surface area contributed by atoms with Gasteiger partial charge in [0.15, 0.2) is 22.8 Å². The number of hydrogen-bond acceptors (Lipinski definition) is 7. The average molecular weight is 415 g/mol. The lowest BCUT2D eigenvalue weighted by molar-refractivity contribution is 0.102. The van der Waals surface area contributed by atoms with Crippen molar-refractivity contribution < 1.29 is 23.4 Å². The van der Waals surface area contributed by atoms with Crippen molar-refractivity contribution in [3.8, 4) is 17.2 Å². The summed E-state index contributed by atoms with van der Waals surface area (Å²) in [6.45, 7) is 0.161. The molecule has 4 aromatic rings. The predicted octanol–water partition coefficient (Wildman–Crippen LogP) is 4.05. The Morgan fingerprint density at radius 2 is 1.97 bits per heavy atom. The summed E-state index contributed by atoms with van der Waals surface area (Å²) in [6, 6.07) is 17.7. The van der Waals surface area contributed by atoms with Crippen molar-refractivity contribution in [3.05, 3.63) is 78.0 Å². The van der Waals surface area contributed by atoms with Crippen molar-refractivity contribution >= 4 is 28.4 Å². The first-order valence-electron chi connectivity index (χ1n) is 9.49. The Hall–Kier alpha value is -4.33. The summed E-state index contributed by atoms with van der Waals surface area (Å²) in [5.74, 6) is 1.79. The molecular formula is C23H17N3O5. The Morgan fingerprint density at radius 1 is 1.06 bits per heavy atom. The van der Waals surface area contributed by atoms with E-state index in [1.807, 2.05) is 12.1 Å². The van der Waals surface area contributed by atoms with Gasteiger partial charge in [-0.1, -0.05) is 18.2 Å². The molecule has 8 heteroatoms. The summed E-state index contributed by atoms with van der Waals surface area (Å²) < 4.78 is 22.2. The molecule has 8 nitrogen and oxygen atoms in total. The Morgan fingerprint density at radius 3 is 2.81 bits per heavy atom. The van der Waals surface area contributed by atoms with E-state index in [1.165, 1.54) is 0 Å². The normalized spacial score (nSPS) is 12.7. The van der Waals surface area contributed by atoms with Crippen LogP contribution in [0.15, 0.2) is 76.3 Å². The molecule has 0 atom stereocenters. The highest BCUT2D eigenvalue weighted by Gasteiger charge is 2.17. The molecule has 1 aliphatic rings. The number of amides is 1. The summed E-state index contributed by atoms with van der Waals surface area (Å²) in [4.78, 5) is 21.8. The monoisotopic (exact) mass is 415 g/mol. The zero-order valence-electron chi connectivity index (χ0n) is 16.5. The molecule has 2 aromatic heterocycles. The number of nitrogens with one attached hydrogen (secondary N) is 1. The number of anilines is 1. The van der Waals surface area contributed by atoms with E-state index in [0.29, 0.717) is 39.7 Å². The maximum absolute atomic E-state index is 13.1. The maximum Gasteiger partial charge on any atom is 0.262 e. The van der Waals surface area contributed by atoms with Crippen LogP contribution in [-0.4, -0.2) is 24.8 Å². The Kier molecular flexibility index (Phi) is 4.72. The van der Waals surface area contributed by atoms with Gasteiger partial charge in [-0.2, -0.15) is 0 Å². The highest BCUT2D eigenvalue weighted by Crippen LogP contribution is 2.35. The van der Waals surface area contributed by atoms with Crippen LogP contribution >= 0.6 is 0 Å². The summed E-state index contributed by atoms with van der Waals surface area (Å²) >= 11 is 0. The molecule has 1 amide bonds. The van der Waals surface area contributed by atoms with E-state index in [-0.39, 0.29) is 17.9 Å². The zero-order valence-corrected chi connectivity index (χ0v) is 16.5. The fourth-order valence-electron chi connectivity index (χ4n) is 3.22. The number of aromatic nitrogens is 1. The van der Waals surface area contributed by atoms with E-state index >= 15 is 0 Å². The predicted molar refractivity (Wildman–Crippen MR) is 113 cm³/mol. The van der Waals surface area contributed by atoms with Crippen LogP contribution in [0, 0.1) is 0 Å². The number of ether oxygens (including phenoxy) is 3. The van der Waals surface area contributed by atoms with Crippen LogP contribution in [0.3, 0.4) is 0 Å². The molecule has 0 unspecified atom stereocenters. The van der Waals surface area contributed by atoms with Crippen molar-refractivity contribution in [2.45, 2.75) is 0 Å². The molecule has 154 valence electrons. The van der Waals surface area contributed by atoms with Crippen LogP contribution in [0.2, 0.25) is 0 Å². The minimum Gasteiger partial charge on any atom is -0.493 e. The van der Waals surface area contributed by atoms with E-state index in [4.69, 9.17) is 18.6 Å². The van der Waals surface area contributed by atoms with E-state index in [2.05, 4.69) is 15.3 Å². The Labute approximate surface area is 176 Å². The first-order chi connectivity index (χ1) is 15.2. The van der Waals surface area contributed by atoms with Gasteiger partial charge < -0.3 is 23.9 Å². The summed E-state index contributed by atoms with van der Waals surface area (Å²) in [7, 11) is 1.56. The van der Waals surface area contributed by atoms with Crippen molar-refractivity contribution in [2.24, 2.45) is 4.99 Å². The molecule has 0 bridgehead atoms.